The smallest absolute Gasteiger partial charge is 0.339 e. The lowest BCUT2D eigenvalue weighted by Gasteiger charge is -2.13. The van der Waals surface area contributed by atoms with Crippen LogP contribution in [0.25, 0.3) is 0 Å². The van der Waals surface area contributed by atoms with Gasteiger partial charge in [0.2, 0.25) is 0 Å². The number of carbonyl (C=O) groups excluding carboxylic acids is 2. The van der Waals surface area contributed by atoms with Gasteiger partial charge >= 0.3 is 5.97 Å². The van der Waals surface area contributed by atoms with Crippen LogP contribution in [0, 0.1) is 3.57 Å². The lowest BCUT2D eigenvalue weighted by molar-refractivity contribution is 0.0602. The second-order valence-corrected chi connectivity index (χ2v) is 6.37. The van der Waals surface area contributed by atoms with Crippen LogP contribution in [0.3, 0.4) is 0 Å². The molecule has 0 atom stereocenters. The summed E-state index contributed by atoms with van der Waals surface area (Å²) >= 11 is 7.24. The number of ether oxygens (including phenoxy) is 2. The average Bonchev–Trinajstić information content (AvgIpc) is 2.61. The van der Waals surface area contributed by atoms with Crippen molar-refractivity contribution in [2.45, 2.75) is 0 Å². The van der Waals surface area contributed by atoms with Crippen LogP contribution < -0.4 is 15.4 Å². The molecule has 130 valence electrons. The Kier molecular flexibility index (Phi) is 6.71. The van der Waals surface area contributed by atoms with Crippen molar-refractivity contribution in [2.75, 3.05) is 19.5 Å². The molecule has 0 saturated carbocycles. The third-order valence-electron chi connectivity index (χ3n) is 3.22. The SMILES string of the molecule is COC(=O)c1ccccc1NC(=S)NC(=O)c1ccc(OC)c(I)c1. The van der Waals surface area contributed by atoms with E-state index in [-0.39, 0.29) is 11.0 Å². The molecule has 0 fully saturated rings. The van der Waals surface area contributed by atoms with Crippen molar-refractivity contribution in [3.8, 4) is 5.75 Å². The van der Waals surface area contributed by atoms with Crippen LogP contribution in [-0.4, -0.2) is 31.2 Å². The number of amides is 1. The van der Waals surface area contributed by atoms with Crippen molar-refractivity contribution in [1.82, 2.24) is 5.32 Å². The summed E-state index contributed by atoms with van der Waals surface area (Å²) < 4.78 is 10.7. The van der Waals surface area contributed by atoms with Crippen LogP contribution in [0.4, 0.5) is 5.69 Å². The molecule has 0 aliphatic heterocycles. The number of anilines is 1. The van der Waals surface area contributed by atoms with Gasteiger partial charge in [-0.05, 0) is 65.1 Å². The number of hydrogen-bond donors (Lipinski definition) is 2. The molecule has 2 aromatic rings. The second-order valence-electron chi connectivity index (χ2n) is 4.79. The van der Waals surface area contributed by atoms with E-state index in [2.05, 4.69) is 33.2 Å². The highest BCUT2D eigenvalue weighted by Gasteiger charge is 2.14. The van der Waals surface area contributed by atoms with E-state index in [1.54, 1.807) is 49.6 Å². The Morgan fingerprint density at radius 3 is 2.48 bits per heavy atom. The number of carbonyl (C=O) groups is 2. The predicted molar refractivity (Wildman–Crippen MR) is 107 cm³/mol. The van der Waals surface area contributed by atoms with E-state index >= 15 is 0 Å². The van der Waals surface area contributed by atoms with Gasteiger partial charge in [-0.25, -0.2) is 4.79 Å². The molecule has 6 nitrogen and oxygen atoms in total. The molecule has 25 heavy (non-hydrogen) atoms. The largest absolute Gasteiger partial charge is 0.496 e. The first-order chi connectivity index (χ1) is 12.0. The number of hydrogen-bond acceptors (Lipinski definition) is 5. The Balaban J connectivity index is 2.09. The van der Waals surface area contributed by atoms with E-state index in [1.807, 2.05) is 0 Å². The molecule has 0 saturated heterocycles. The minimum absolute atomic E-state index is 0.0761. The van der Waals surface area contributed by atoms with E-state index in [1.165, 1.54) is 7.11 Å². The predicted octanol–water partition coefficient (Wildman–Crippen LogP) is 3.21. The summed E-state index contributed by atoms with van der Waals surface area (Å²) in [6, 6.07) is 11.8. The highest BCUT2D eigenvalue weighted by Crippen LogP contribution is 2.21. The Bertz CT molecular complexity index is 826. The fourth-order valence-electron chi connectivity index (χ4n) is 2.02. The maximum absolute atomic E-state index is 12.3. The molecule has 0 spiro atoms. The van der Waals surface area contributed by atoms with Crippen LogP contribution in [0.15, 0.2) is 42.5 Å². The summed E-state index contributed by atoms with van der Waals surface area (Å²) in [7, 11) is 2.86. The normalized spacial score (nSPS) is 9.88. The zero-order valence-electron chi connectivity index (χ0n) is 13.5. The third-order valence-corrected chi connectivity index (χ3v) is 4.27. The number of nitrogens with one attached hydrogen (secondary N) is 2. The van der Waals surface area contributed by atoms with Gasteiger partial charge in [0.15, 0.2) is 5.11 Å². The molecule has 0 bridgehead atoms. The van der Waals surface area contributed by atoms with Crippen molar-refractivity contribution < 1.29 is 19.1 Å². The van der Waals surface area contributed by atoms with E-state index in [9.17, 15) is 9.59 Å². The molecule has 2 aromatic carbocycles. The first-order valence-corrected chi connectivity index (χ1v) is 8.58. The number of methoxy groups -OCH3 is 2. The number of para-hydroxylation sites is 1. The van der Waals surface area contributed by atoms with Crippen LogP contribution in [-0.2, 0) is 4.74 Å². The summed E-state index contributed by atoms with van der Waals surface area (Å²) in [5.41, 5.74) is 1.21. The lowest BCUT2D eigenvalue weighted by Crippen LogP contribution is -2.34. The van der Waals surface area contributed by atoms with Crippen molar-refractivity contribution in [3.63, 3.8) is 0 Å². The standard InChI is InChI=1S/C17H15IN2O4S/c1-23-14-8-7-10(9-12(14)18)15(21)20-17(25)19-13-6-4-3-5-11(13)16(22)24-2/h3-9H,1-2H3,(H2,19,20,21,25). The quantitative estimate of drug-likeness (QED) is 0.406. The maximum atomic E-state index is 12.3. The Morgan fingerprint density at radius 1 is 1.12 bits per heavy atom. The van der Waals surface area contributed by atoms with Crippen molar-refractivity contribution >= 4 is 57.5 Å². The van der Waals surface area contributed by atoms with Crippen LogP contribution in [0.1, 0.15) is 20.7 Å². The van der Waals surface area contributed by atoms with Crippen molar-refractivity contribution in [3.05, 3.63) is 57.2 Å². The first kappa shape index (κ1) is 19.1. The summed E-state index contributed by atoms with van der Waals surface area (Å²) in [5.74, 6) is -0.180. The van der Waals surface area contributed by atoms with Gasteiger partial charge in [-0.3, -0.25) is 10.1 Å². The number of thiocarbonyl (C=S) groups is 1. The minimum atomic E-state index is -0.498. The van der Waals surface area contributed by atoms with E-state index < -0.39 is 5.97 Å². The molecule has 0 radical (unpaired) electrons. The fraction of sp³-hybridized carbons (Fsp3) is 0.118. The van der Waals surface area contributed by atoms with Crippen LogP contribution in [0.5, 0.6) is 5.75 Å². The minimum Gasteiger partial charge on any atom is -0.496 e. The van der Waals surface area contributed by atoms with Crippen LogP contribution in [0.2, 0.25) is 0 Å². The molecule has 2 rings (SSSR count). The Labute approximate surface area is 164 Å². The lowest BCUT2D eigenvalue weighted by atomic mass is 10.2. The summed E-state index contributed by atoms with van der Waals surface area (Å²) in [6.45, 7) is 0. The second kappa shape index (κ2) is 8.77. The molecular formula is C17H15IN2O4S. The molecule has 1 amide bonds. The first-order valence-electron chi connectivity index (χ1n) is 7.09. The Hall–Kier alpha value is -2.20. The molecule has 0 unspecified atom stereocenters. The summed E-state index contributed by atoms with van der Waals surface area (Å²) in [4.78, 5) is 24.0. The number of halogens is 1. The van der Waals surface area contributed by atoms with Gasteiger partial charge in [0.25, 0.3) is 5.91 Å². The zero-order chi connectivity index (χ0) is 18.4. The van der Waals surface area contributed by atoms with Crippen molar-refractivity contribution in [2.24, 2.45) is 0 Å². The van der Waals surface area contributed by atoms with Gasteiger partial charge < -0.3 is 14.8 Å². The van der Waals surface area contributed by atoms with Gasteiger partial charge in [0.05, 0.1) is 29.0 Å². The number of rotatable bonds is 4. The van der Waals surface area contributed by atoms with Gasteiger partial charge in [-0.2, -0.15) is 0 Å². The Morgan fingerprint density at radius 2 is 1.84 bits per heavy atom. The van der Waals surface area contributed by atoms with Gasteiger partial charge in [0, 0.05) is 5.56 Å². The van der Waals surface area contributed by atoms with E-state index in [0.717, 1.165) is 3.57 Å². The third kappa shape index (κ3) is 4.89. The molecule has 0 aliphatic carbocycles. The van der Waals surface area contributed by atoms with Gasteiger partial charge in [-0.15, -0.1) is 0 Å². The number of esters is 1. The molecule has 0 aliphatic rings. The van der Waals surface area contributed by atoms with Crippen LogP contribution >= 0.6 is 34.8 Å². The number of benzene rings is 2. The summed E-state index contributed by atoms with van der Waals surface area (Å²) in [6.07, 6.45) is 0. The van der Waals surface area contributed by atoms with E-state index in [4.69, 9.17) is 21.7 Å². The summed E-state index contributed by atoms with van der Waals surface area (Å²) in [5, 5.41) is 5.49. The highest BCUT2D eigenvalue weighted by molar-refractivity contribution is 14.1. The molecule has 0 aromatic heterocycles. The van der Waals surface area contributed by atoms with Gasteiger partial charge in [-0.1, -0.05) is 12.1 Å². The molecular weight excluding hydrogens is 455 g/mol. The van der Waals surface area contributed by atoms with Crippen molar-refractivity contribution in [1.29, 1.82) is 0 Å². The fourth-order valence-corrected chi connectivity index (χ4v) is 2.95. The molecule has 8 heteroatoms. The zero-order valence-corrected chi connectivity index (χ0v) is 16.4. The monoisotopic (exact) mass is 470 g/mol. The molecule has 2 N–H and O–H groups in total. The highest BCUT2D eigenvalue weighted by atomic mass is 127. The van der Waals surface area contributed by atoms with E-state index in [0.29, 0.717) is 22.6 Å². The molecule has 0 heterocycles. The topological polar surface area (TPSA) is 76.7 Å². The van der Waals surface area contributed by atoms with Gasteiger partial charge in [0.1, 0.15) is 5.75 Å². The maximum Gasteiger partial charge on any atom is 0.339 e. The average molecular weight is 470 g/mol.